The Hall–Kier alpha value is -1.26. The van der Waals surface area contributed by atoms with Crippen LogP contribution in [0.25, 0.3) is 0 Å². The number of benzene rings is 2. The molecule has 0 bridgehead atoms. The van der Waals surface area contributed by atoms with Crippen LogP contribution in [-0.4, -0.2) is 12.5 Å². The van der Waals surface area contributed by atoms with Crippen molar-refractivity contribution in [2.45, 2.75) is 18.2 Å². The smallest absolute Gasteiger partial charge is 0.252 e. The number of nitrogens with one attached hydrogen (secondary N) is 1. The monoisotopic (exact) mass is 349 g/mol. The quantitative estimate of drug-likeness (QED) is 0.802. The van der Waals surface area contributed by atoms with Crippen LogP contribution >= 0.6 is 28.6 Å². The molecule has 0 unspecified atom stereocenters. The van der Waals surface area contributed by atoms with E-state index in [1.807, 2.05) is 18.2 Å². The molecule has 0 saturated heterocycles. The normalized spacial score (nSPS) is 10.3. The minimum Gasteiger partial charge on any atom is -0.352 e. The first kappa shape index (κ1) is 15.1. The lowest BCUT2D eigenvalue weighted by Gasteiger charge is -2.08. The maximum atomic E-state index is 12.1. The van der Waals surface area contributed by atoms with Crippen molar-refractivity contribution in [3.63, 3.8) is 0 Å². The Morgan fingerprint density at radius 1 is 1.25 bits per heavy atom. The van der Waals surface area contributed by atoms with Gasteiger partial charge in [-0.05, 0) is 53.0 Å². The van der Waals surface area contributed by atoms with Crippen LogP contribution in [0.2, 0.25) is 0 Å². The van der Waals surface area contributed by atoms with Gasteiger partial charge in [0.25, 0.3) is 5.91 Å². The first-order valence-corrected chi connectivity index (χ1v) is 7.62. The third-order valence-electron chi connectivity index (χ3n) is 2.98. The second-order valence-electron chi connectivity index (χ2n) is 4.66. The van der Waals surface area contributed by atoms with Gasteiger partial charge in [0.1, 0.15) is 0 Å². The fourth-order valence-corrected chi connectivity index (χ4v) is 2.60. The highest BCUT2D eigenvalue weighted by atomic mass is 79.9. The summed E-state index contributed by atoms with van der Waals surface area (Å²) in [5.74, 6) is -0.0829. The summed E-state index contributed by atoms with van der Waals surface area (Å²) in [6.45, 7) is 2.68. The van der Waals surface area contributed by atoms with Crippen molar-refractivity contribution in [1.82, 2.24) is 5.32 Å². The van der Waals surface area contributed by atoms with Crippen molar-refractivity contribution in [2.24, 2.45) is 0 Å². The van der Waals surface area contributed by atoms with E-state index in [2.05, 4.69) is 59.0 Å². The highest BCUT2D eigenvalue weighted by Gasteiger charge is 2.09. The second-order valence-corrected chi connectivity index (χ2v) is 6.03. The number of hydrogen-bond acceptors (Lipinski definition) is 2. The van der Waals surface area contributed by atoms with Gasteiger partial charge in [-0.3, -0.25) is 4.79 Å². The first-order chi connectivity index (χ1) is 9.56. The standard InChI is InChI=1S/C16H16BrNOS/c1-11-3-2-4-12(9-11)7-8-18-16(19)14-10-13(20)5-6-15(14)17/h2-6,9-10,20H,7-8H2,1H3,(H,18,19). The highest BCUT2D eigenvalue weighted by molar-refractivity contribution is 9.10. The van der Waals surface area contributed by atoms with Crippen molar-refractivity contribution in [2.75, 3.05) is 6.54 Å². The Bertz CT molecular complexity index is 628. The van der Waals surface area contributed by atoms with Gasteiger partial charge in [0.15, 0.2) is 0 Å². The topological polar surface area (TPSA) is 29.1 Å². The van der Waals surface area contributed by atoms with Crippen LogP contribution < -0.4 is 5.32 Å². The maximum Gasteiger partial charge on any atom is 0.252 e. The summed E-state index contributed by atoms with van der Waals surface area (Å²) >= 11 is 7.64. The third-order valence-corrected chi connectivity index (χ3v) is 3.95. The second kappa shape index (κ2) is 6.95. The molecule has 0 saturated carbocycles. The number of carbonyl (C=O) groups excluding carboxylic acids is 1. The molecule has 0 spiro atoms. The number of rotatable bonds is 4. The predicted molar refractivity (Wildman–Crippen MR) is 88.6 cm³/mol. The number of hydrogen-bond donors (Lipinski definition) is 2. The van der Waals surface area contributed by atoms with Crippen molar-refractivity contribution in [3.05, 3.63) is 63.6 Å². The van der Waals surface area contributed by atoms with E-state index >= 15 is 0 Å². The molecule has 0 aliphatic heterocycles. The molecule has 0 fully saturated rings. The molecule has 104 valence electrons. The van der Waals surface area contributed by atoms with Gasteiger partial charge in [-0.25, -0.2) is 0 Å². The van der Waals surface area contributed by atoms with E-state index in [9.17, 15) is 4.79 Å². The molecule has 0 heterocycles. The number of thiol groups is 1. The lowest BCUT2D eigenvalue weighted by molar-refractivity contribution is 0.0953. The van der Waals surface area contributed by atoms with Crippen molar-refractivity contribution in [3.8, 4) is 0 Å². The number of amides is 1. The molecule has 0 atom stereocenters. The fraction of sp³-hybridized carbons (Fsp3) is 0.188. The molecule has 2 aromatic carbocycles. The highest BCUT2D eigenvalue weighted by Crippen LogP contribution is 2.20. The zero-order valence-electron chi connectivity index (χ0n) is 11.2. The van der Waals surface area contributed by atoms with Gasteiger partial charge in [0.2, 0.25) is 0 Å². The van der Waals surface area contributed by atoms with Crippen LogP contribution in [0.4, 0.5) is 0 Å². The largest absolute Gasteiger partial charge is 0.352 e. The van der Waals surface area contributed by atoms with E-state index in [0.29, 0.717) is 12.1 Å². The Morgan fingerprint density at radius 2 is 2.05 bits per heavy atom. The number of halogens is 1. The zero-order valence-corrected chi connectivity index (χ0v) is 13.7. The number of carbonyl (C=O) groups is 1. The van der Waals surface area contributed by atoms with E-state index < -0.39 is 0 Å². The van der Waals surface area contributed by atoms with Crippen LogP contribution in [0.1, 0.15) is 21.5 Å². The molecule has 1 N–H and O–H groups in total. The lowest BCUT2D eigenvalue weighted by atomic mass is 10.1. The Balaban J connectivity index is 1.94. The van der Waals surface area contributed by atoms with Gasteiger partial charge >= 0.3 is 0 Å². The molecule has 1 amide bonds. The summed E-state index contributed by atoms with van der Waals surface area (Å²) in [6.07, 6.45) is 0.825. The van der Waals surface area contributed by atoms with Gasteiger partial charge in [-0.2, -0.15) is 0 Å². The summed E-state index contributed by atoms with van der Waals surface area (Å²) in [6, 6.07) is 13.7. The Labute approximate surface area is 133 Å². The van der Waals surface area contributed by atoms with Gasteiger partial charge in [0.05, 0.1) is 5.56 Å². The Kier molecular flexibility index (Phi) is 5.26. The van der Waals surface area contributed by atoms with Gasteiger partial charge in [-0.15, -0.1) is 12.6 Å². The molecule has 2 nitrogen and oxygen atoms in total. The summed E-state index contributed by atoms with van der Waals surface area (Å²) in [5, 5.41) is 2.93. The van der Waals surface area contributed by atoms with Gasteiger partial charge in [0, 0.05) is 15.9 Å². The summed E-state index contributed by atoms with van der Waals surface area (Å²) < 4.78 is 0.781. The molecule has 0 aliphatic carbocycles. The lowest BCUT2D eigenvalue weighted by Crippen LogP contribution is -2.26. The van der Waals surface area contributed by atoms with Gasteiger partial charge < -0.3 is 5.32 Å². The van der Waals surface area contributed by atoms with Crippen LogP contribution in [0.15, 0.2) is 51.8 Å². The summed E-state index contributed by atoms with van der Waals surface area (Å²) in [7, 11) is 0. The Morgan fingerprint density at radius 3 is 2.80 bits per heavy atom. The average Bonchev–Trinajstić information content (AvgIpc) is 2.41. The molecule has 20 heavy (non-hydrogen) atoms. The van der Waals surface area contributed by atoms with Gasteiger partial charge in [-0.1, -0.05) is 29.8 Å². The van der Waals surface area contributed by atoms with Crippen molar-refractivity contribution in [1.29, 1.82) is 0 Å². The minimum atomic E-state index is -0.0829. The van der Waals surface area contributed by atoms with E-state index in [1.54, 1.807) is 6.07 Å². The third kappa shape index (κ3) is 4.12. The molecule has 0 radical (unpaired) electrons. The predicted octanol–water partition coefficient (Wildman–Crippen LogP) is 4.02. The zero-order chi connectivity index (χ0) is 14.5. The van der Waals surface area contributed by atoms with Crippen LogP contribution in [0.3, 0.4) is 0 Å². The average molecular weight is 350 g/mol. The molecule has 2 rings (SSSR count). The summed E-state index contributed by atoms with van der Waals surface area (Å²) in [4.78, 5) is 12.9. The summed E-state index contributed by atoms with van der Waals surface area (Å²) in [5.41, 5.74) is 3.08. The SMILES string of the molecule is Cc1cccc(CCNC(=O)c2cc(S)ccc2Br)c1. The fourth-order valence-electron chi connectivity index (χ4n) is 1.97. The first-order valence-electron chi connectivity index (χ1n) is 6.38. The molecular formula is C16H16BrNOS. The maximum absolute atomic E-state index is 12.1. The van der Waals surface area contributed by atoms with Crippen molar-refractivity contribution < 1.29 is 4.79 Å². The van der Waals surface area contributed by atoms with Crippen molar-refractivity contribution >= 4 is 34.5 Å². The van der Waals surface area contributed by atoms with E-state index in [0.717, 1.165) is 15.8 Å². The minimum absolute atomic E-state index is 0.0829. The molecular weight excluding hydrogens is 334 g/mol. The van der Waals surface area contributed by atoms with Crippen LogP contribution in [0.5, 0.6) is 0 Å². The molecule has 2 aromatic rings. The molecule has 0 aromatic heterocycles. The number of aryl methyl sites for hydroxylation is 1. The molecule has 4 heteroatoms. The molecule has 0 aliphatic rings. The van der Waals surface area contributed by atoms with Crippen LogP contribution in [-0.2, 0) is 6.42 Å². The van der Waals surface area contributed by atoms with E-state index in [1.165, 1.54) is 11.1 Å². The van der Waals surface area contributed by atoms with E-state index in [4.69, 9.17) is 0 Å². The van der Waals surface area contributed by atoms with Crippen LogP contribution in [0, 0.1) is 6.92 Å². The van der Waals surface area contributed by atoms with E-state index in [-0.39, 0.29) is 5.91 Å².